The molecule has 240 valence electrons. The summed E-state index contributed by atoms with van der Waals surface area (Å²) in [6.45, 7) is 2.76. The topological polar surface area (TPSA) is 121 Å². The van der Waals surface area contributed by atoms with E-state index in [9.17, 15) is 0 Å². The second kappa shape index (κ2) is 12.4. The lowest BCUT2D eigenvalue weighted by Crippen LogP contribution is -2.52. The van der Waals surface area contributed by atoms with Crippen LogP contribution in [0.1, 0.15) is 49.0 Å². The van der Waals surface area contributed by atoms with Crippen molar-refractivity contribution in [3.8, 4) is 0 Å². The van der Waals surface area contributed by atoms with Crippen molar-refractivity contribution in [3.05, 3.63) is 120 Å². The van der Waals surface area contributed by atoms with Gasteiger partial charge in [-0.2, -0.15) is 0 Å². The first-order valence-electron chi connectivity index (χ1n) is 16.9. The molecule has 4 aromatic carbocycles. The first kappa shape index (κ1) is 28.9. The Morgan fingerprint density at radius 3 is 0.958 bits per heavy atom. The summed E-state index contributed by atoms with van der Waals surface area (Å²) >= 11 is 0. The van der Waals surface area contributed by atoms with Crippen molar-refractivity contribution >= 4 is 44.1 Å². The van der Waals surface area contributed by atoms with Crippen LogP contribution >= 0.6 is 0 Å². The second-order valence-corrected chi connectivity index (χ2v) is 13.0. The maximum Gasteiger partial charge on any atom is 0.121 e. The Morgan fingerprint density at radius 2 is 0.688 bits per heavy atom. The average molecular weight is 635 g/mol. The molecule has 10 heteroatoms. The fourth-order valence-electron chi connectivity index (χ4n) is 7.62. The largest absolute Gasteiger partial charge is 0.341 e. The number of hydrogen-bond donors (Lipinski definition) is 4. The molecular formula is C38H38N10. The Kier molecular flexibility index (Phi) is 7.44. The monoisotopic (exact) mass is 634 g/mol. The Balaban J connectivity index is 1.09. The standard InChI is InChI=1S/C38H38N10/c1-2-12-26-25(11-1)39-35(40-26)21-47(22-36-41-27-13-3-4-14-28(27)42-36)33-19-9-10-20-34(33)48(23-37-43-29-15-5-6-16-30(29)44-37)24-38-45-31-17-7-8-18-32(31)46-38/h1-8,11-18,33-34H,9-10,19-24H2,(H,39,40)(H,41,42)(H,43,44)(H,45,46)/t33-,34-/m0/s1. The Hall–Kier alpha value is -5.32. The molecule has 1 fully saturated rings. The number of hydrogen-bond acceptors (Lipinski definition) is 6. The van der Waals surface area contributed by atoms with Crippen LogP contribution in [0.3, 0.4) is 0 Å². The molecule has 8 aromatic rings. The molecule has 0 saturated heterocycles. The highest BCUT2D eigenvalue weighted by molar-refractivity contribution is 5.76. The number of H-pyrrole nitrogens is 4. The van der Waals surface area contributed by atoms with Gasteiger partial charge in [0.1, 0.15) is 23.3 Å². The van der Waals surface area contributed by atoms with Gasteiger partial charge in [0, 0.05) is 12.1 Å². The van der Waals surface area contributed by atoms with Gasteiger partial charge in [-0.15, -0.1) is 0 Å². The van der Waals surface area contributed by atoms with E-state index in [0.717, 1.165) is 80.3 Å². The molecule has 9 rings (SSSR count). The van der Waals surface area contributed by atoms with Crippen molar-refractivity contribution in [3.63, 3.8) is 0 Å². The van der Waals surface area contributed by atoms with E-state index in [0.29, 0.717) is 26.2 Å². The molecule has 1 aliphatic carbocycles. The molecule has 10 nitrogen and oxygen atoms in total. The van der Waals surface area contributed by atoms with Gasteiger partial charge >= 0.3 is 0 Å². The van der Waals surface area contributed by atoms with E-state index in [1.165, 1.54) is 12.8 Å². The van der Waals surface area contributed by atoms with Crippen LogP contribution in [-0.4, -0.2) is 61.8 Å². The summed E-state index contributed by atoms with van der Waals surface area (Å²) in [4.78, 5) is 39.6. The lowest BCUT2D eigenvalue weighted by molar-refractivity contribution is 0.0252. The van der Waals surface area contributed by atoms with Crippen LogP contribution < -0.4 is 0 Å². The van der Waals surface area contributed by atoms with Crippen molar-refractivity contribution in [1.82, 2.24) is 49.7 Å². The van der Waals surface area contributed by atoms with Gasteiger partial charge < -0.3 is 19.9 Å². The van der Waals surface area contributed by atoms with Gasteiger partial charge in [-0.1, -0.05) is 61.4 Å². The average Bonchev–Trinajstić information content (AvgIpc) is 3.91. The predicted octanol–water partition coefficient (Wildman–Crippen LogP) is 7.21. The number of rotatable bonds is 10. The molecule has 0 amide bonds. The number of benzene rings is 4. The Bertz CT molecular complexity index is 1880. The molecule has 1 saturated carbocycles. The lowest BCUT2D eigenvalue weighted by atomic mass is 9.87. The fraction of sp³-hybridized carbons (Fsp3) is 0.263. The first-order valence-corrected chi connectivity index (χ1v) is 16.9. The molecule has 0 spiro atoms. The van der Waals surface area contributed by atoms with Crippen molar-refractivity contribution in [1.29, 1.82) is 0 Å². The van der Waals surface area contributed by atoms with Crippen LogP contribution in [0.5, 0.6) is 0 Å². The molecule has 0 radical (unpaired) electrons. The molecule has 1 aliphatic rings. The summed E-state index contributed by atoms with van der Waals surface area (Å²) in [5.41, 5.74) is 8.22. The first-order chi connectivity index (χ1) is 23.7. The number of imidazole rings is 4. The summed E-state index contributed by atoms with van der Waals surface area (Å²) in [6.07, 6.45) is 4.53. The van der Waals surface area contributed by atoms with Gasteiger partial charge in [0.2, 0.25) is 0 Å². The maximum absolute atomic E-state index is 5.01. The van der Waals surface area contributed by atoms with Crippen LogP contribution in [0.25, 0.3) is 44.1 Å². The summed E-state index contributed by atoms with van der Waals surface area (Å²) in [5, 5.41) is 0. The van der Waals surface area contributed by atoms with Gasteiger partial charge in [0.25, 0.3) is 0 Å². The van der Waals surface area contributed by atoms with E-state index in [4.69, 9.17) is 19.9 Å². The van der Waals surface area contributed by atoms with E-state index in [1.807, 2.05) is 24.3 Å². The third kappa shape index (κ3) is 5.74. The normalized spacial score (nSPS) is 17.1. The summed E-state index contributed by atoms with van der Waals surface area (Å²) in [7, 11) is 0. The van der Waals surface area contributed by atoms with Crippen molar-refractivity contribution < 1.29 is 0 Å². The molecular weight excluding hydrogens is 596 g/mol. The SMILES string of the molecule is c1ccc2[nH]c(CN(Cc3nc4ccccc4[nH]3)[C@H]3CCCC[C@@H]3N(Cc3nc4ccccc4[nH]3)Cc3nc4ccccc4[nH]3)nc2c1. The van der Waals surface area contributed by atoms with E-state index < -0.39 is 0 Å². The zero-order valence-electron chi connectivity index (χ0n) is 26.7. The van der Waals surface area contributed by atoms with Gasteiger partial charge in [-0.3, -0.25) is 9.80 Å². The zero-order chi connectivity index (χ0) is 31.9. The molecule has 2 atom stereocenters. The summed E-state index contributed by atoms with van der Waals surface area (Å²) in [5.74, 6) is 3.88. The third-order valence-corrected chi connectivity index (χ3v) is 9.80. The van der Waals surface area contributed by atoms with Crippen LogP contribution in [0.2, 0.25) is 0 Å². The highest BCUT2D eigenvalue weighted by atomic mass is 15.3. The summed E-state index contributed by atoms with van der Waals surface area (Å²) in [6, 6.07) is 33.6. The molecule has 4 aromatic heterocycles. The van der Waals surface area contributed by atoms with Crippen LogP contribution in [0.15, 0.2) is 97.1 Å². The number of aromatic amines is 4. The minimum atomic E-state index is 0.258. The van der Waals surface area contributed by atoms with Gasteiger partial charge in [0.15, 0.2) is 0 Å². The third-order valence-electron chi connectivity index (χ3n) is 9.80. The van der Waals surface area contributed by atoms with Gasteiger partial charge in [-0.25, -0.2) is 19.9 Å². The van der Waals surface area contributed by atoms with Gasteiger partial charge in [0.05, 0.1) is 70.3 Å². The van der Waals surface area contributed by atoms with Crippen molar-refractivity contribution in [2.75, 3.05) is 0 Å². The smallest absolute Gasteiger partial charge is 0.121 e. The summed E-state index contributed by atoms with van der Waals surface area (Å²) < 4.78 is 0. The number of fused-ring (bicyclic) bond motifs is 4. The van der Waals surface area contributed by atoms with Crippen molar-refractivity contribution in [2.24, 2.45) is 0 Å². The molecule has 48 heavy (non-hydrogen) atoms. The highest BCUT2D eigenvalue weighted by Gasteiger charge is 2.36. The van der Waals surface area contributed by atoms with E-state index in [2.05, 4.69) is 103 Å². The van der Waals surface area contributed by atoms with Gasteiger partial charge in [-0.05, 0) is 61.4 Å². The Labute approximate surface area is 277 Å². The van der Waals surface area contributed by atoms with Crippen LogP contribution in [0.4, 0.5) is 0 Å². The highest BCUT2D eigenvalue weighted by Crippen LogP contribution is 2.32. The number of nitrogens with one attached hydrogen (secondary N) is 4. The Morgan fingerprint density at radius 1 is 0.417 bits per heavy atom. The minimum Gasteiger partial charge on any atom is -0.341 e. The molecule has 0 bridgehead atoms. The molecule has 4 heterocycles. The second-order valence-electron chi connectivity index (χ2n) is 13.0. The number of aromatic nitrogens is 8. The van der Waals surface area contributed by atoms with E-state index in [1.54, 1.807) is 0 Å². The van der Waals surface area contributed by atoms with Crippen molar-refractivity contribution in [2.45, 2.75) is 63.9 Å². The van der Waals surface area contributed by atoms with Crippen LogP contribution in [0, 0.1) is 0 Å². The molecule has 4 N–H and O–H groups in total. The quantitative estimate of drug-likeness (QED) is 0.126. The zero-order valence-corrected chi connectivity index (χ0v) is 26.7. The number of para-hydroxylation sites is 8. The van der Waals surface area contributed by atoms with Crippen LogP contribution in [-0.2, 0) is 26.2 Å². The predicted molar refractivity (Wildman–Crippen MR) is 189 cm³/mol. The number of nitrogens with zero attached hydrogens (tertiary/aromatic N) is 6. The molecule has 0 unspecified atom stereocenters. The maximum atomic E-state index is 5.01. The fourth-order valence-corrected chi connectivity index (χ4v) is 7.62. The van der Waals surface area contributed by atoms with E-state index in [-0.39, 0.29) is 12.1 Å². The molecule has 0 aliphatic heterocycles. The van der Waals surface area contributed by atoms with E-state index >= 15 is 0 Å². The minimum absolute atomic E-state index is 0.258. The lowest BCUT2D eigenvalue weighted by Gasteiger charge is -2.44.